The summed E-state index contributed by atoms with van der Waals surface area (Å²) in [5, 5.41) is 3.02. The molecule has 3 rings (SSSR count). The van der Waals surface area contributed by atoms with E-state index in [9.17, 15) is 4.79 Å². The zero-order valence-electron chi connectivity index (χ0n) is 15.1. The van der Waals surface area contributed by atoms with Crippen molar-refractivity contribution in [2.24, 2.45) is 0 Å². The number of hydrogen-bond acceptors (Lipinski definition) is 3. The van der Waals surface area contributed by atoms with Crippen LogP contribution in [0.2, 0.25) is 0 Å². The molecule has 0 saturated carbocycles. The van der Waals surface area contributed by atoms with Crippen molar-refractivity contribution in [3.8, 4) is 0 Å². The summed E-state index contributed by atoms with van der Waals surface area (Å²) < 4.78 is 2.24. The number of benzene rings is 1. The molecule has 1 aromatic carbocycles. The van der Waals surface area contributed by atoms with E-state index in [2.05, 4.69) is 34.9 Å². The standard InChI is InChI=1S/C19H26N4OS/c1-14(2)23-12-9-20-18(23)15-7-10-22(11-8-15)19(24)21-16-5-4-6-17(13-16)25-3/h4-6,9,12-15H,7-8,10-11H2,1-3H3,(H,21,24). The van der Waals surface area contributed by atoms with Crippen LogP contribution in [-0.2, 0) is 0 Å². The monoisotopic (exact) mass is 358 g/mol. The molecular weight excluding hydrogens is 332 g/mol. The van der Waals surface area contributed by atoms with Crippen LogP contribution in [0.15, 0.2) is 41.6 Å². The fraction of sp³-hybridized carbons (Fsp3) is 0.474. The molecule has 2 aromatic rings. The number of carbonyl (C=O) groups excluding carboxylic acids is 1. The van der Waals surface area contributed by atoms with Gasteiger partial charge in [0.2, 0.25) is 0 Å². The molecule has 25 heavy (non-hydrogen) atoms. The first-order valence-electron chi connectivity index (χ1n) is 8.81. The zero-order chi connectivity index (χ0) is 17.8. The van der Waals surface area contributed by atoms with Crippen molar-refractivity contribution in [2.75, 3.05) is 24.7 Å². The van der Waals surface area contributed by atoms with Crippen molar-refractivity contribution in [3.05, 3.63) is 42.5 Å². The molecule has 1 N–H and O–H groups in total. The zero-order valence-corrected chi connectivity index (χ0v) is 15.9. The summed E-state index contributed by atoms with van der Waals surface area (Å²) in [7, 11) is 0. The van der Waals surface area contributed by atoms with Crippen molar-refractivity contribution in [3.63, 3.8) is 0 Å². The molecule has 0 bridgehead atoms. The number of imidazole rings is 1. The lowest BCUT2D eigenvalue weighted by Crippen LogP contribution is -2.41. The van der Waals surface area contributed by atoms with Gasteiger partial charge in [-0.1, -0.05) is 6.07 Å². The molecular formula is C19H26N4OS. The SMILES string of the molecule is CSc1cccc(NC(=O)N2CCC(c3nccn3C(C)C)CC2)c1. The number of carbonyl (C=O) groups is 1. The van der Waals surface area contributed by atoms with E-state index >= 15 is 0 Å². The van der Waals surface area contributed by atoms with E-state index in [0.717, 1.165) is 42.3 Å². The normalized spacial score (nSPS) is 15.6. The highest BCUT2D eigenvalue weighted by molar-refractivity contribution is 7.98. The quantitative estimate of drug-likeness (QED) is 0.813. The number of piperidine rings is 1. The summed E-state index contributed by atoms with van der Waals surface area (Å²) in [4.78, 5) is 20.1. The van der Waals surface area contributed by atoms with E-state index in [0.29, 0.717) is 12.0 Å². The smallest absolute Gasteiger partial charge is 0.321 e. The molecule has 1 aliphatic heterocycles. The summed E-state index contributed by atoms with van der Waals surface area (Å²) >= 11 is 1.67. The summed E-state index contributed by atoms with van der Waals surface area (Å²) in [6.07, 6.45) is 7.89. The van der Waals surface area contributed by atoms with E-state index in [1.165, 1.54) is 0 Å². The number of nitrogens with zero attached hydrogens (tertiary/aromatic N) is 3. The van der Waals surface area contributed by atoms with E-state index in [-0.39, 0.29) is 6.03 Å². The minimum atomic E-state index is -0.0103. The molecule has 5 nitrogen and oxygen atoms in total. The third-order valence-electron chi connectivity index (χ3n) is 4.72. The molecule has 0 radical (unpaired) electrons. The van der Waals surface area contributed by atoms with Gasteiger partial charge in [-0.25, -0.2) is 9.78 Å². The minimum absolute atomic E-state index is 0.0103. The molecule has 0 spiro atoms. The van der Waals surface area contributed by atoms with Crippen molar-refractivity contribution >= 4 is 23.5 Å². The summed E-state index contributed by atoms with van der Waals surface area (Å²) in [5.41, 5.74) is 0.856. The summed E-state index contributed by atoms with van der Waals surface area (Å²) in [6, 6.07) is 8.37. The van der Waals surface area contributed by atoms with Gasteiger partial charge in [0, 0.05) is 48.0 Å². The van der Waals surface area contributed by atoms with Crippen LogP contribution in [0.5, 0.6) is 0 Å². The third-order valence-corrected chi connectivity index (χ3v) is 5.45. The average Bonchev–Trinajstić information content (AvgIpc) is 3.12. The van der Waals surface area contributed by atoms with Crippen LogP contribution in [0.1, 0.15) is 44.5 Å². The van der Waals surface area contributed by atoms with Gasteiger partial charge in [0.25, 0.3) is 0 Å². The summed E-state index contributed by atoms with van der Waals surface area (Å²) in [6.45, 7) is 5.89. The van der Waals surface area contributed by atoms with Crippen LogP contribution in [0.25, 0.3) is 0 Å². The van der Waals surface area contributed by atoms with Crippen molar-refractivity contribution in [1.82, 2.24) is 14.5 Å². The first kappa shape index (κ1) is 17.9. The van der Waals surface area contributed by atoms with Gasteiger partial charge in [-0.3, -0.25) is 0 Å². The van der Waals surface area contributed by atoms with E-state index < -0.39 is 0 Å². The van der Waals surface area contributed by atoms with Crippen LogP contribution in [0, 0.1) is 0 Å². The average molecular weight is 359 g/mol. The van der Waals surface area contributed by atoms with Gasteiger partial charge in [-0.05, 0) is 51.1 Å². The Hall–Kier alpha value is -1.95. The van der Waals surface area contributed by atoms with Gasteiger partial charge in [-0.15, -0.1) is 11.8 Å². The second kappa shape index (κ2) is 7.95. The number of anilines is 1. The number of urea groups is 1. The number of thioether (sulfide) groups is 1. The Balaban J connectivity index is 1.58. The Kier molecular flexibility index (Phi) is 5.68. The maximum absolute atomic E-state index is 12.5. The van der Waals surface area contributed by atoms with Crippen molar-refractivity contribution in [2.45, 2.75) is 43.5 Å². The maximum atomic E-state index is 12.5. The van der Waals surface area contributed by atoms with Crippen molar-refractivity contribution < 1.29 is 4.79 Å². The number of nitrogens with one attached hydrogen (secondary N) is 1. The summed E-state index contributed by atoms with van der Waals surface area (Å²) in [5.74, 6) is 1.59. The van der Waals surface area contributed by atoms with Crippen molar-refractivity contribution in [1.29, 1.82) is 0 Å². The molecule has 1 aliphatic rings. The molecule has 6 heteroatoms. The molecule has 1 aromatic heterocycles. The second-order valence-electron chi connectivity index (χ2n) is 6.71. The molecule has 0 unspecified atom stereocenters. The topological polar surface area (TPSA) is 50.2 Å². The second-order valence-corrected chi connectivity index (χ2v) is 7.59. The van der Waals surface area contributed by atoms with Gasteiger partial charge in [0.05, 0.1) is 0 Å². The van der Waals surface area contributed by atoms with Gasteiger partial charge in [0.15, 0.2) is 0 Å². The molecule has 2 amide bonds. The predicted octanol–water partition coefficient (Wildman–Crippen LogP) is 4.60. The minimum Gasteiger partial charge on any atom is -0.332 e. The van der Waals surface area contributed by atoms with Crippen LogP contribution in [0.4, 0.5) is 10.5 Å². The Morgan fingerprint density at radius 3 is 2.76 bits per heavy atom. The number of hydrogen-bond donors (Lipinski definition) is 1. The third kappa shape index (κ3) is 4.18. The van der Waals surface area contributed by atoms with Crippen LogP contribution in [-0.4, -0.2) is 39.8 Å². The maximum Gasteiger partial charge on any atom is 0.321 e. The van der Waals surface area contributed by atoms with E-state index in [1.807, 2.05) is 41.6 Å². The highest BCUT2D eigenvalue weighted by Crippen LogP contribution is 2.29. The number of amides is 2. The molecule has 2 heterocycles. The molecule has 134 valence electrons. The molecule has 1 fully saturated rings. The van der Waals surface area contributed by atoms with Gasteiger partial charge < -0.3 is 14.8 Å². The number of aromatic nitrogens is 2. The van der Waals surface area contributed by atoms with E-state index in [4.69, 9.17) is 0 Å². The van der Waals surface area contributed by atoms with Crippen LogP contribution >= 0.6 is 11.8 Å². The highest BCUT2D eigenvalue weighted by Gasteiger charge is 2.26. The Morgan fingerprint density at radius 1 is 1.32 bits per heavy atom. The van der Waals surface area contributed by atoms with E-state index in [1.54, 1.807) is 11.8 Å². The molecule has 1 saturated heterocycles. The Morgan fingerprint density at radius 2 is 2.08 bits per heavy atom. The number of rotatable bonds is 4. The lowest BCUT2D eigenvalue weighted by atomic mass is 9.96. The van der Waals surface area contributed by atoms with Gasteiger partial charge in [0.1, 0.15) is 5.82 Å². The predicted molar refractivity (Wildman–Crippen MR) is 103 cm³/mol. The first-order valence-corrected chi connectivity index (χ1v) is 10.0. The van der Waals surface area contributed by atoms with Crippen LogP contribution < -0.4 is 5.32 Å². The highest BCUT2D eigenvalue weighted by atomic mass is 32.2. The van der Waals surface area contributed by atoms with Crippen LogP contribution in [0.3, 0.4) is 0 Å². The lowest BCUT2D eigenvalue weighted by molar-refractivity contribution is 0.192. The lowest BCUT2D eigenvalue weighted by Gasteiger charge is -2.32. The van der Waals surface area contributed by atoms with Gasteiger partial charge in [-0.2, -0.15) is 0 Å². The fourth-order valence-corrected chi connectivity index (χ4v) is 3.78. The Labute approximate surface area is 153 Å². The first-order chi connectivity index (χ1) is 12.1. The molecule has 0 atom stereocenters. The van der Waals surface area contributed by atoms with Gasteiger partial charge >= 0.3 is 6.03 Å². The number of likely N-dealkylation sites (tertiary alicyclic amines) is 1. The molecule has 0 aliphatic carbocycles. The largest absolute Gasteiger partial charge is 0.332 e. The Bertz CT molecular complexity index is 720. The fourth-order valence-electron chi connectivity index (χ4n) is 3.32.